The predicted octanol–water partition coefficient (Wildman–Crippen LogP) is 13.3. The second kappa shape index (κ2) is 13.2. The van der Waals surface area contributed by atoms with Crippen molar-refractivity contribution < 1.29 is 0 Å². The second-order valence-corrected chi connectivity index (χ2v) is 14.8. The highest BCUT2D eigenvalue weighted by atomic mass is 15.0. The Morgan fingerprint density at radius 1 is 0.291 bits per heavy atom. The van der Waals surface area contributed by atoms with Crippen molar-refractivity contribution in [3.63, 3.8) is 0 Å². The zero-order valence-electron chi connectivity index (χ0n) is 30.7. The fraction of sp³-hybridized carbons (Fsp3) is 0.0577. The van der Waals surface area contributed by atoms with Crippen LogP contribution in [0, 0.1) is 0 Å². The SMILES string of the molecule is CC1(C)c2ccccc2-c2cccc(-c3ccc(-c4nc(-c5ccc(-c6ccccc6)cc5)nc(-c5ccc(-c6ccccc6)cc5)n4)c4ccccc34)c21. The van der Waals surface area contributed by atoms with Crippen LogP contribution in [0.1, 0.15) is 25.0 Å². The molecule has 0 amide bonds. The summed E-state index contributed by atoms with van der Waals surface area (Å²) in [5.74, 6) is 1.92. The minimum Gasteiger partial charge on any atom is -0.208 e. The molecule has 1 heterocycles. The molecular formula is C52H37N3. The molecule has 0 aliphatic heterocycles. The van der Waals surface area contributed by atoms with E-state index in [0.717, 1.165) is 33.2 Å². The summed E-state index contributed by atoms with van der Waals surface area (Å²) in [5, 5.41) is 2.27. The average molecular weight is 704 g/mol. The summed E-state index contributed by atoms with van der Waals surface area (Å²) in [6, 6.07) is 66.6. The van der Waals surface area contributed by atoms with Crippen molar-refractivity contribution in [2.24, 2.45) is 0 Å². The molecule has 0 spiro atoms. The van der Waals surface area contributed by atoms with Gasteiger partial charge in [-0.15, -0.1) is 0 Å². The van der Waals surface area contributed by atoms with Crippen molar-refractivity contribution in [3.8, 4) is 78.7 Å². The van der Waals surface area contributed by atoms with Crippen LogP contribution < -0.4 is 0 Å². The number of hydrogen-bond donors (Lipinski definition) is 0. The molecule has 3 heteroatoms. The summed E-state index contributed by atoms with van der Waals surface area (Å²) in [6.07, 6.45) is 0. The van der Waals surface area contributed by atoms with Crippen molar-refractivity contribution in [3.05, 3.63) is 199 Å². The Hall–Kier alpha value is -6.97. The van der Waals surface area contributed by atoms with E-state index < -0.39 is 0 Å². The Kier molecular flexibility index (Phi) is 7.81. The standard InChI is InChI=1S/C52H37N3/c1-52(2)47-23-12-11-20-43(47)45-22-13-21-44(48(45)52)42-32-33-46(41-19-10-9-18-40(41)42)51-54-49(38-28-24-36(25-29-38)34-14-5-3-6-15-34)53-50(55-51)39-30-26-37(27-31-39)35-16-7-4-8-17-35/h3-33H,1-2H3. The molecular weight excluding hydrogens is 667 g/mol. The maximum Gasteiger partial charge on any atom is 0.164 e. The van der Waals surface area contributed by atoms with Gasteiger partial charge in [-0.2, -0.15) is 0 Å². The topological polar surface area (TPSA) is 38.7 Å². The molecule has 55 heavy (non-hydrogen) atoms. The van der Waals surface area contributed by atoms with Crippen LogP contribution in [-0.4, -0.2) is 15.0 Å². The largest absolute Gasteiger partial charge is 0.208 e. The van der Waals surface area contributed by atoms with Gasteiger partial charge in [-0.1, -0.05) is 196 Å². The highest BCUT2D eigenvalue weighted by Crippen LogP contribution is 2.53. The van der Waals surface area contributed by atoms with E-state index in [1.807, 2.05) is 12.1 Å². The molecule has 10 rings (SSSR count). The van der Waals surface area contributed by atoms with E-state index in [9.17, 15) is 0 Å². The minimum absolute atomic E-state index is 0.133. The molecule has 0 N–H and O–H groups in total. The van der Waals surface area contributed by atoms with Gasteiger partial charge < -0.3 is 0 Å². The Bertz CT molecular complexity index is 2760. The van der Waals surface area contributed by atoms with Crippen LogP contribution in [0.15, 0.2) is 188 Å². The van der Waals surface area contributed by atoms with Gasteiger partial charge in [0.2, 0.25) is 0 Å². The molecule has 0 bridgehead atoms. The fourth-order valence-corrected chi connectivity index (χ4v) is 8.44. The number of aromatic nitrogens is 3. The quantitative estimate of drug-likeness (QED) is 0.173. The maximum atomic E-state index is 5.21. The van der Waals surface area contributed by atoms with E-state index in [4.69, 9.17) is 15.0 Å². The molecule has 0 saturated carbocycles. The van der Waals surface area contributed by atoms with Crippen LogP contribution in [-0.2, 0) is 5.41 Å². The zero-order valence-corrected chi connectivity index (χ0v) is 30.7. The van der Waals surface area contributed by atoms with E-state index in [1.54, 1.807) is 0 Å². The lowest BCUT2D eigenvalue weighted by atomic mass is 9.78. The number of rotatable bonds is 6. The van der Waals surface area contributed by atoms with Gasteiger partial charge in [0.15, 0.2) is 17.5 Å². The van der Waals surface area contributed by atoms with Crippen LogP contribution in [0.4, 0.5) is 0 Å². The van der Waals surface area contributed by atoms with Gasteiger partial charge in [0, 0.05) is 22.1 Å². The highest BCUT2D eigenvalue weighted by Gasteiger charge is 2.37. The van der Waals surface area contributed by atoms with Gasteiger partial charge in [0.25, 0.3) is 0 Å². The van der Waals surface area contributed by atoms with Gasteiger partial charge in [0.05, 0.1) is 0 Å². The van der Waals surface area contributed by atoms with E-state index in [2.05, 4.69) is 190 Å². The van der Waals surface area contributed by atoms with Crippen LogP contribution in [0.5, 0.6) is 0 Å². The molecule has 9 aromatic rings. The third-order valence-electron chi connectivity index (χ3n) is 11.2. The number of hydrogen-bond acceptors (Lipinski definition) is 3. The summed E-state index contributed by atoms with van der Waals surface area (Å²) < 4.78 is 0. The lowest BCUT2D eigenvalue weighted by Crippen LogP contribution is -2.16. The molecule has 260 valence electrons. The van der Waals surface area contributed by atoms with Gasteiger partial charge >= 0.3 is 0 Å². The molecule has 0 fully saturated rings. The number of benzene rings is 8. The normalized spacial score (nSPS) is 12.7. The second-order valence-electron chi connectivity index (χ2n) is 14.8. The molecule has 0 atom stereocenters. The summed E-state index contributed by atoms with van der Waals surface area (Å²) >= 11 is 0. The van der Waals surface area contributed by atoms with Crippen LogP contribution in [0.2, 0.25) is 0 Å². The van der Waals surface area contributed by atoms with Crippen LogP contribution in [0.25, 0.3) is 89.4 Å². The van der Waals surface area contributed by atoms with Crippen molar-refractivity contribution in [2.45, 2.75) is 19.3 Å². The smallest absolute Gasteiger partial charge is 0.164 e. The van der Waals surface area contributed by atoms with E-state index in [1.165, 1.54) is 49.9 Å². The molecule has 3 nitrogen and oxygen atoms in total. The lowest BCUT2D eigenvalue weighted by Gasteiger charge is -2.25. The molecule has 0 radical (unpaired) electrons. The zero-order chi connectivity index (χ0) is 36.9. The van der Waals surface area contributed by atoms with Crippen molar-refractivity contribution in [2.75, 3.05) is 0 Å². The van der Waals surface area contributed by atoms with Gasteiger partial charge in [-0.3, -0.25) is 0 Å². The van der Waals surface area contributed by atoms with E-state index in [0.29, 0.717) is 17.5 Å². The Morgan fingerprint density at radius 2 is 0.691 bits per heavy atom. The van der Waals surface area contributed by atoms with Crippen LogP contribution in [0.3, 0.4) is 0 Å². The summed E-state index contributed by atoms with van der Waals surface area (Å²) in [6.45, 7) is 4.70. The summed E-state index contributed by atoms with van der Waals surface area (Å²) in [7, 11) is 0. The first-order valence-electron chi connectivity index (χ1n) is 18.9. The number of fused-ring (bicyclic) bond motifs is 4. The average Bonchev–Trinajstić information content (AvgIpc) is 3.50. The van der Waals surface area contributed by atoms with Gasteiger partial charge in [0.1, 0.15) is 0 Å². The van der Waals surface area contributed by atoms with E-state index >= 15 is 0 Å². The minimum atomic E-state index is -0.133. The number of nitrogens with zero attached hydrogens (tertiary/aromatic N) is 3. The fourth-order valence-electron chi connectivity index (χ4n) is 8.44. The predicted molar refractivity (Wildman–Crippen MR) is 228 cm³/mol. The van der Waals surface area contributed by atoms with Crippen LogP contribution >= 0.6 is 0 Å². The first-order valence-corrected chi connectivity index (χ1v) is 18.9. The highest BCUT2D eigenvalue weighted by molar-refractivity contribution is 6.06. The maximum absolute atomic E-state index is 5.21. The monoisotopic (exact) mass is 703 g/mol. The Morgan fingerprint density at radius 3 is 1.27 bits per heavy atom. The lowest BCUT2D eigenvalue weighted by molar-refractivity contribution is 0.662. The third kappa shape index (κ3) is 5.64. The van der Waals surface area contributed by atoms with Gasteiger partial charge in [-0.25, -0.2) is 15.0 Å². The molecule has 1 aliphatic rings. The van der Waals surface area contributed by atoms with Crippen molar-refractivity contribution in [1.82, 2.24) is 15.0 Å². The molecule has 1 aliphatic carbocycles. The molecule has 8 aromatic carbocycles. The summed E-state index contributed by atoms with van der Waals surface area (Å²) in [4.78, 5) is 15.5. The molecule has 0 unspecified atom stereocenters. The van der Waals surface area contributed by atoms with Crippen molar-refractivity contribution in [1.29, 1.82) is 0 Å². The summed E-state index contributed by atoms with van der Waals surface area (Å²) in [5.41, 5.74) is 15.2. The molecule has 1 aromatic heterocycles. The van der Waals surface area contributed by atoms with E-state index in [-0.39, 0.29) is 5.41 Å². The van der Waals surface area contributed by atoms with Crippen molar-refractivity contribution >= 4 is 10.8 Å². The first-order chi connectivity index (χ1) is 27.0. The third-order valence-corrected chi connectivity index (χ3v) is 11.2. The Balaban J connectivity index is 1.13. The Labute approximate surface area is 321 Å². The van der Waals surface area contributed by atoms with Gasteiger partial charge in [-0.05, 0) is 72.5 Å². The molecule has 0 saturated heterocycles. The first kappa shape index (κ1) is 32.7.